The van der Waals surface area contributed by atoms with E-state index in [4.69, 9.17) is 4.74 Å². The molecule has 0 unspecified atom stereocenters. The van der Waals surface area contributed by atoms with Crippen molar-refractivity contribution in [3.63, 3.8) is 0 Å². The van der Waals surface area contributed by atoms with Crippen LogP contribution in [0.15, 0.2) is 47.6 Å². The Morgan fingerprint density at radius 2 is 1.94 bits per heavy atom. The average Bonchev–Trinajstić information content (AvgIpc) is 3.19. The molecule has 1 atom stereocenters. The maximum atomic E-state index is 13.6. The third-order valence-corrected chi connectivity index (χ3v) is 7.47. The third kappa shape index (κ3) is 5.83. The molecule has 1 aliphatic heterocycles. The van der Waals surface area contributed by atoms with Crippen molar-refractivity contribution in [1.82, 2.24) is 9.29 Å². The second-order valence-electron chi connectivity index (χ2n) is 8.58. The van der Waals surface area contributed by atoms with Gasteiger partial charge in [-0.05, 0) is 49.4 Å². The number of carbonyl (C=O) groups is 1. The lowest BCUT2D eigenvalue weighted by Crippen LogP contribution is -2.46. The maximum absolute atomic E-state index is 13.6. The van der Waals surface area contributed by atoms with Crippen molar-refractivity contribution < 1.29 is 17.9 Å². The van der Waals surface area contributed by atoms with Gasteiger partial charge in [0.05, 0.1) is 35.7 Å². The molecule has 9 heteroatoms. The number of aromatic nitrogens is 1. The first-order chi connectivity index (χ1) is 15.8. The van der Waals surface area contributed by atoms with Gasteiger partial charge in [0.25, 0.3) is 0 Å². The molecular formula is C24H34N4O4S. The van der Waals surface area contributed by atoms with Crippen molar-refractivity contribution in [2.24, 2.45) is 5.92 Å². The molecule has 0 saturated heterocycles. The van der Waals surface area contributed by atoms with Crippen LogP contribution in [0.25, 0.3) is 0 Å². The number of rotatable bonds is 11. The molecule has 0 spiro atoms. The van der Waals surface area contributed by atoms with Crippen LogP contribution in [0.3, 0.4) is 0 Å². The normalized spacial score (nSPS) is 14.3. The Morgan fingerprint density at radius 3 is 2.58 bits per heavy atom. The summed E-state index contributed by atoms with van der Waals surface area (Å²) in [5, 5.41) is 3.30. The van der Waals surface area contributed by atoms with E-state index < -0.39 is 22.0 Å². The number of nitrogens with zero attached hydrogens (tertiary/aromatic N) is 3. The molecule has 33 heavy (non-hydrogen) atoms. The summed E-state index contributed by atoms with van der Waals surface area (Å²) >= 11 is 0. The van der Waals surface area contributed by atoms with Crippen LogP contribution in [0.4, 0.5) is 11.4 Å². The van der Waals surface area contributed by atoms with Crippen molar-refractivity contribution in [3.8, 4) is 0 Å². The monoisotopic (exact) mass is 474 g/mol. The fraction of sp³-hybridized carbons (Fsp3) is 0.500. The molecule has 0 amide bonds. The number of sulfonamides is 1. The molecule has 2 aromatic rings. The van der Waals surface area contributed by atoms with Crippen LogP contribution in [0.2, 0.25) is 0 Å². The number of anilines is 2. The second kappa shape index (κ2) is 11.0. The van der Waals surface area contributed by atoms with Gasteiger partial charge in [-0.2, -0.15) is 4.31 Å². The summed E-state index contributed by atoms with van der Waals surface area (Å²) < 4.78 is 33.7. The zero-order chi connectivity index (χ0) is 24.0. The fourth-order valence-electron chi connectivity index (χ4n) is 4.01. The predicted molar refractivity (Wildman–Crippen MR) is 129 cm³/mol. The Kier molecular flexibility index (Phi) is 8.31. The van der Waals surface area contributed by atoms with Gasteiger partial charge in [0.15, 0.2) is 0 Å². The van der Waals surface area contributed by atoms with Crippen LogP contribution in [0.1, 0.15) is 46.1 Å². The van der Waals surface area contributed by atoms with Crippen LogP contribution < -0.4 is 10.2 Å². The minimum absolute atomic E-state index is 0.142. The summed E-state index contributed by atoms with van der Waals surface area (Å²) in [4.78, 5) is 19.2. The minimum Gasteiger partial charge on any atom is -0.465 e. The highest BCUT2D eigenvalue weighted by atomic mass is 32.2. The number of carbonyl (C=O) groups excluding carboxylic acids is 1. The lowest BCUT2D eigenvalue weighted by atomic mass is 10.0. The molecule has 0 aliphatic carbocycles. The highest BCUT2D eigenvalue weighted by molar-refractivity contribution is 7.89. The standard InChI is InChI=1S/C24H34N4O4S/c1-5-13-28(23(14-18(3)4)24(29)32-6-2)33(30,31)20-9-7-19(8-10-20)16-27-17-26-21-15-25-12-11-22(21)27/h7-12,15,18,23,26H,5-6,13-14,16-17H2,1-4H3/t23-/m0/s1. The largest absolute Gasteiger partial charge is 0.465 e. The molecule has 2 heterocycles. The Hall–Kier alpha value is -2.65. The molecule has 1 aromatic carbocycles. The van der Waals surface area contributed by atoms with Crippen LogP contribution in [-0.4, -0.2) is 49.5 Å². The number of fused-ring (bicyclic) bond motifs is 1. The lowest BCUT2D eigenvalue weighted by molar-refractivity contribution is -0.148. The number of pyridine rings is 1. The number of nitrogens with one attached hydrogen (secondary N) is 1. The van der Waals surface area contributed by atoms with E-state index >= 15 is 0 Å². The van der Waals surface area contributed by atoms with E-state index in [1.165, 1.54) is 4.31 Å². The van der Waals surface area contributed by atoms with Gasteiger partial charge in [-0.15, -0.1) is 0 Å². The third-order valence-electron chi connectivity index (χ3n) is 5.55. The van der Waals surface area contributed by atoms with Crippen molar-refractivity contribution in [1.29, 1.82) is 0 Å². The summed E-state index contributed by atoms with van der Waals surface area (Å²) in [6, 6.07) is 8.04. The molecule has 180 valence electrons. The number of esters is 1. The zero-order valence-electron chi connectivity index (χ0n) is 19.8. The molecule has 0 radical (unpaired) electrons. The van der Waals surface area contributed by atoms with Crippen LogP contribution in [-0.2, 0) is 26.1 Å². The molecule has 3 rings (SSSR count). The molecule has 8 nitrogen and oxygen atoms in total. The van der Waals surface area contributed by atoms with E-state index in [0.717, 1.165) is 16.9 Å². The first kappa shape index (κ1) is 25.0. The molecule has 1 N–H and O–H groups in total. The van der Waals surface area contributed by atoms with Crippen molar-refractivity contribution in [3.05, 3.63) is 48.3 Å². The van der Waals surface area contributed by atoms with Crippen LogP contribution in [0, 0.1) is 5.92 Å². The molecule has 0 bridgehead atoms. The van der Waals surface area contributed by atoms with Gasteiger partial charge in [-0.25, -0.2) is 8.42 Å². The first-order valence-corrected chi connectivity index (χ1v) is 12.9. The summed E-state index contributed by atoms with van der Waals surface area (Å²) in [5.41, 5.74) is 3.05. The topological polar surface area (TPSA) is 91.8 Å². The predicted octanol–water partition coefficient (Wildman–Crippen LogP) is 3.85. The Balaban J connectivity index is 1.82. The summed E-state index contributed by atoms with van der Waals surface area (Å²) in [6.45, 7) is 9.35. The Morgan fingerprint density at radius 1 is 1.21 bits per heavy atom. The highest BCUT2D eigenvalue weighted by Gasteiger charge is 2.36. The quantitative estimate of drug-likeness (QED) is 0.495. The highest BCUT2D eigenvalue weighted by Crippen LogP contribution is 2.31. The summed E-state index contributed by atoms with van der Waals surface area (Å²) in [6.07, 6.45) is 4.56. The summed E-state index contributed by atoms with van der Waals surface area (Å²) in [7, 11) is -3.87. The Bertz CT molecular complexity index is 1040. The van der Waals surface area contributed by atoms with Gasteiger partial charge in [-0.3, -0.25) is 9.78 Å². The molecule has 0 saturated carbocycles. The lowest BCUT2D eigenvalue weighted by Gasteiger charge is -2.30. The van der Waals surface area contributed by atoms with E-state index in [2.05, 4.69) is 15.2 Å². The second-order valence-corrected chi connectivity index (χ2v) is 10.5. The van der Waals surface area contributed by atoms with E-state index in [9.17, 15) is 13.2 Å². The number of ether oxygens (including phenoxy) is 1. The summed E-state index contributed by atoms with van der Waals surface area (Å²) in [5.74, 6) is -0.349. The van der Waals surface area contributed by atoms with Gasteiger partial charge in [0.1, 0.15) is 6.04 Å². The van der Waals surface area contributed by atoms with E-state index in [1.54, 1.807) is 31.5 Å². The van der Waals surface area contributed by atoms with Gasteiger partial charge in [-0.1, -0.05) is 32.9 Å². The maximum Gasteiger partial charge on any atom is 0.324 e. The van der Waals surface area contributed by atoms with Gasteiger partial charge < -0.3 is 15.0 Å². The van der Waals surface area contributed by atoms with Crippen LogP contribution >= 0.6 is 0 Å². The van der Waals surface area contributed by atoms with E-state index in [-0.39, 0.29) is 24.0 Å². The van der Waals surface area contributed by atoms with Gasteiger partial charge >= 0.3 is 5.97 Å². The van der Waals surface area contributed by atoms with Crippen molar-refractivity contribution in [2.75, 3.05) is 30.0 Å². The molecule has 1 aromatic heterocycles. The number of benzene rings is 1. The van der Waals surface area contributed by atoms with Crippen LogP contribution in [0.5, 0.6) is 0 Å². The van der Waals surface area contributed by atoms with Crippen molar-refractivity contribution in [2.45, 2.75) is 58.0 Å². The fourth-order valence-corrected chi connectivity index (χ4v) is 5.69. The number of hydrogen-bond acceptors (Lipinski definition) is 7. The van der Waals surface area contributed by atoms with Crippen molar-refractivity contribution >= 4 is 27.4 Å². The average molecular weight is 475 g/mol. The van der Waals surface area contributed by atoms with Gasteiger partial charge in [0.2, 0.25) is 10.0 Å². The van der Waals surface area contributed by atoms with E-state index in [0.29, 0.717) is 26.1 Å². The molecule has 1 aliphatic rings. The smallest absolute Gasteiger partial charge is 0.324 e. The zero-order valence-corrected chi connectivity index (χ0v) is 20.6. The van der Waals surface area contributed by atoms with Gasteiger partial charge in [0, 0.05) is 19.3 Å². The molecule has 0 fully saturated rings. The number of hydrogen-bond donors (Lipinski definition) is 1. The minimum atomic E-state index is -3.87. The van der Waals surface area contributed by atoms with E-state index in [1.807, 2.05) is 39.0 Å². The SMILES string of the molecule is CCCN([C@@H](CC(C)C)C(=O)OCC)S(=O)(=O)c1ccc(CN2CNc3cnccc32)cc1. The Labute approximate surface area is 197 Å². The first-order valence-electron chi connectivity index (χ1n) is 11.5. The molecular weight excluding hydrogens is 440 g/mol.